The Morgan fingerprint density at radius 1 is 1.17 bits per heavy atom. The van der Waals surface area contributed by atoms with Crippen molar-refractivity contribution >= 4 is 11.2 Å². The van der Waals surface area contributed by atoms with E-state index < -0.39 is 0 Å². The zero-order chi connectivity index (χ0) is 16.5. The highest BCUT2D eigenvalue weighted by molar-refractivity contribution is 5.75. The van der Waals surface area contributed by atoms with E-state index in [-0.39, 0.29) is 16.7 Å². The number of ether oxygens (including phenoxy) is 1. The number of aromatic nitrogens is 9. The van der Waals surface area contributed by atoms with Gasteiger partial charge in [-0.2, -0.15) is 10.4 Å². The number of tetrazole rings is 1. The van der Waals surface area contributed by atoms with Crippen LogP contribution in [-0.2, 0) is 0 Å². The molecular weight excluding hydrogens is 314 g/mol. The lowest BCUT2D eigenvalue weighted by Crippen LogP contribution is -2.10. The summed E-state index contributed by atoms with van der Waals surface area (Å²) in [4.78, 5) is 19.1. The predicted molar refractivity (Wildman–Crippen MR) is 82.1 cm³/mol. The van der Waals surface area contributed by atoms with Gasteiger partial charge in [0.1, 0.15) is 11.6 Å². The minimum absolute atomic E-state index is 0.153. The van der Waals surface area contributed by atoms with Crippen LogP contribution in [0.3, 0.4) is 0 Å². The molecule has 3 heterocycles. The molecule has 4 aromatic rings. The topological polar surface area (TPSA) is 151 Å². The first-order valence-electron chi connectivity index (χ1n) is 7.08. The first-order chi connectivity index (χ1) is 11.8. The molecule has 11 nitrogen and oxygen atoms in total. The minimum Gasteiger partial charge on any atom is -0.493 e. The summed E-state index contributed by atoms with van der Waals surface area (Å²) in [7, 11) is 0. The number of fused-ring (bicyclic) bond motifs is 1. The van der Waals surface area contributed by atoms with E-state index in [0.717, 1.165) is 5.56 Å². The molecule has 3 aromatic heterocycles. The maximum absolute atomic E-state index is 12.1. The Kier molecular flexibility index (Phi) is 3.23. The number of hydrogen-bond acceptors (Lipinski definition) is 8. The third-order valence-electron chi connectivity index (χ3n) is 3.33. The molecule has 24 heavy (non-hydrogen) atoms. The fraction of sp³-hybridized carbons (Fsp3) is 0.154. The number of rotatable bonds is 4. The zero-order valence-electron chi connectivity index (χ0n) is 12.4. The number of hydrogen-bond donors (Lipinski definition) is 3. The molecule has 11 heteroatoms. The molecule has 1 aromatic carbocycles. The van der Waals surface area contributed by atoms with Crippen molar-refractivity contribution in [1.82, 2.24) is 46.0 Å². The summed E-state index contributed by atoms with van der Waals surface area (Å²) >= 11 is 0. The summed E-state index contributed by atoms with van der Waals surface area (Å²) in [6.45, 7) is 2.31. The van der Waals surface area contributed by atoms with Gasteiger partial charge in [0.15, 0.2) is 5.52 Å². The van der Waals surface area contributed by atoms with Gasteiger partial charge in [0, 0.05) is 5.56 Å². The van der Waals surface area contributed by atoms with Gasteiger partial charge in [0.05, 0.1) is 12.2 Å². The van der Waals surface area contributed by atoms with Gasteiger partial charge in [0.2, 0.25) is 11.5 Å². The van der Waals surface area contributed by atoms with Crippen molar-refractivity contribution in [2.75, 3.05) is 6.61 Å². The maximum atomic E-state index is 12.1. The average Bonchev–Trinajstić information content (AvgIpc) is 3.27. The van der Waals surface area contributed by atoms with Crippen molar-refractivity contribution < 1.29 is 4.74 Å². The molecule has 0 spiro atoms. The maximum Gasteiger partial charge on any atom is 0.281 e. The Balaban J connectivity index is 1.88. The highest BCUT2D eigenvalue weighted by Gasteiger charge is 2.15. The van der Waals surface area contributed by atoms with Crippen LogP contribution in [0.15, 0.2) is 23.0 Å². The van der Waals surface area contributed by atoms with Crippen molar-refractivity contribution in [3.05, 3.63) is 28.6 Å². The van der Waals surface area contributed by atoms with Gasteiger partial charge >= 0.3 is 0 Å². The van der Waals surface area contributed by atoms with Crippen LogP contribution < -0.4 is 10.3 Å². The molecule has 0 saturated heterocycles. The van der Waals surface area contributed by atoms with Crippen molar-refractivity contribution in [3.8, 4) is 28.5 Å². The van der Waals surface area contributed by atoms with Crippen LogP contribution in [0, 0.1) is 0 Å². The summed E-state index contributed by atoms with van der Waals surface area (Å²) in [5.74, 6) is 1.31. The second-order valence-electron chi connectivity index (χ2n) is 4.79. The third kappa shape index (κ3) is 2.27. The summed E-state index contributed by atoms with van der Waals surface area (Å²) in [6.07, 6.45) is 0. The van der Waals surface area contributed by atoms with E-state index in [0.29, 0.717) is 29.6 Å². The van der Waals surface area contributed by atoms with Crippen LogP contribution in [0.4, 0.5) is 0 Å². The summed E-state index contributed by atoms with van der Waals surface area (Å²) in [6, 6.07) is 5.31. The van der Waals surface area contributed by atoms with Crippen LogP contribution in [0.2, 0.25) is 0 Å². The molecule has 0 bridgehead atoms. The lowest BCUT2D eigenvalue weighted by molar-refractivity contribution is 0.341. The summed E-state index contributed by atoms with van der Waals surface area (Å²) in [5, 5.41) is 23.8. The van der Waals surface area contributed by atoms with Gasteiger partial charge < -0.3 is 9.72 Å². The van der Waals surface area contributed by atoms with E-state index in [1.54, 1.807) is 18.2 Å². The normalized spacial score (nSPS) is 11.0. The zero-order valence-corrected chi connectivity index (χ0v) is 12.4. The van der Waals surface area contributed by atoms with Gasteiger partial charge in [-0.05, 0) is 24.3 Å². The molecule has 0 saturated carbocycles. The van der Waals surface area contributed by atoms with Gasteiger partial charge in [-0.3, -0.25) is 4.79 Å². The summed E-state index contributed by atoms with van der Waals surface area (Å²) in [5.41, 5.74) is 1.35. The fourth-order valence-electron chi connectivity index (χ4n) is 2.30. The smallest absolute Gasteiger partial charge is 0.281 e. The number of H-pyrrole nitrogens is 3. The van der Waals surface area contributed by atoms with E-state index in [1.807, 2.05) is 6.92 Å². The first-order valence-corrected chi connectivity index (χ1v) is 7.08. The Morgan fingerprint density at radius 2 is 2.08 bits per heavy atom. The van der Waals surface area contributed by atoms with Gasteiger partial charge in [-0.25, -0.2) is 4.98 Å². The Bertz CT molecular complexity index is 1050. The molecule has 4 rings (SSSR count). The minimum atomic E-state index is -0.381. The van der Waals surface area contributed by atoms with E-state index in [9.17, 15) is 4.79 Å². The second-order valence-corrected chi connectivity index (χ2v) is 4.79. The van der Waals surface area contributed by atoms with Crippen molar-refractivity contribution in [2.45, 2.75) is 6.92 Å². The molecule has 0 aliphatic heterocycles. The molecule has 120 valence electrons. The Morgan fingerprint density at radius 3 is 2.88 bits per heavy atom. The third-order valence-corrected chi connectivity index (χ3v) is 3.33. The summed E-state index contributed by atoms with van der Waals surface area (Å²) < 4.78 is 5.67. The molecule has 3 N–H and O–H groups in total. The second kappa shape index (κ2) is 5.53. The van der Waals surface area contributed by atoms with Crippen LogP contribution >= 0.6 is 0 Å². The van der Waals surface area contributed by atoms with Crippen LogP contribution in [0.1, 0.15) is 6.92 Å². The van der Waals surface area contributed by atoms with Gasteiger partial charge in [0.25, 0.3) is 5.56 Å². The predicted octanol–water partition coefficient (Wildman–Crippen LogP) is 0.287. The highest BCUT2D eigenvalue weighted by Crippen LogP contribution is 2.31. The molecular formula is C13H11N9O2. The van der Waals surface area contributed by atoms with Crippen molar-refractivity contribution in [2.24, 2.45) is 0 Å². The Hall–Kier alpha value is -3.63. The van der Waals surface area contributed by atoms with Gasteiger partial charge in [-0.15, -0.1) is 20.4 Å². The lowest BCUT2D eigenvalue weighted by atomic mass is 10.1. The van der Waals surface area contributed by atoms with Gasteiger partial charge in [-0.1, -0.05) is 6.07 Å². The standard InChI is InChI=1S/C13H11N9O2/c1-2-24-8-5-6(10-17-21-22-18-10)3-4-7(8)11-14-12-9(13(23)15-11)16-20-19-12/h3-5H,2H2,1H3,(H,17,18,21,22)(H2,14,15,16,19,20,23). The lowest BCUT2D eigenvalue weighted by Gasteiger charge is -2.10. The van der Waals surface area contributed by atoms with E-state index >= 15 is 0 Å². The number of benzene rings is 1. The van der Waals surface area contributed by atoms with E-state index in [2.05, 4.69) is 46.0 Å². The SMILES string of the molecule is CCOc1cc(-c2nn[nH]n2)ccc1-c1nc2n[nH]nc2c(=O)[nH]1. The molecule has 0 unspecified atom stereocenters. The number of nitrogens with one attached hydrogen (secondary N) is 3. The molecule has 0 aliphatic carbocycles. The van der Waals surface area contributed by atoms with Crippen LogP contribution in [0.25, 0.3) is 33.9 Å². The highest BCUT2D eigenvalue weighted by atomic mass is 16.5. The largest absolute Gasteiger partial charge is 0.493 e. The molecule has 0 atom stereocenters. The van der Waals surface area contributed by atoms with Crippen molar-refractivity contribution in [3.63, 3.8) is 0 Å². The number of aromatic amines is 3. The Labute approximate surface area is 133 Å². The molecule has 0 radical (unpaired) electrons. The quantitative estimate of drug-likeness (QED) is 0.484. The van der Waals surface area contributed by atoms with Crippen LogP contribution in [-0.4, -0.2) is 52.6 Å². The fourth-order valence-corrected chi connectivity index (χ4v) is 2.30. The van der Waals surface area contributed by atoms with Crippen LogP contribution in [0.5, 0.6) is 5.75 Å². The molecule has 0 aliphatic rings. The molecule has 0 fully saturated rings. The first kappa shape index (κ1) is 14.0. The molecule has 0 amide bonds. The van der Waals surface area contributed by atoms with E-state index in [4.69, 9.17) is 4.74 Å². The van der Waals surface area contributed by atoms with E-state index in [1.165, 1.54) is 0 Å². The number of nitrogens with zero attached hydrogens (tertiary/aromatic N) is 6. The average molecular weight is 325 g/mol. The monoisotopic (exact) mass is 325 g/mol. The van der Waals surface area contributed by atoms with Crippen molar-refractivity contribution in [1.29, 1.82) is 0 Å².